The summed E-state index contributed by atoms with van der Waals surface area (Å²) in [5.41, 5.74) is 2.89. The third kappa shape index (κ3) is 5.98. The molecular weight excluding hydrogens is 398 g/mol. The summed E-state index contributed by atoms with van der Waals surface area (Å²) in [6.07, 6.45) is 0. The normalized spacial score (nSPS) is 15.0. The second-order valence-corrected chi connectivity index (χ2v) is 14.0. The summed E-state index contributed by atoms with van der Waals surface area (Å²) < 4.78 is 11.2. The zero-order valence-electron chi connectivity index (χ0n) is 19.5. The van der Waals surface area contributed by atoms with E-state index in [1.54, 1.807) is 11.8 Å². The van der Waals surface area contributed by atoms with Gasteiger partial charge in [-0.1, -0.05) is 20.8 Å². The first-order valence-corrected chi connectivity index (χ1v) is 13.6. The fraction of sp³-hybridized carbons (Fsp3) is 0.636. The maximum Gasteiger partial charge on any atom is 0.325 e. The van der Waals surface area contributed by atoms with E-state index in [1.807, 2.05) is 25.1 Å². The Hall–Kier alpha value is -2.06. The van der Waals surface area contributed by atoms with Crippen LogP contribution in [0.2, 0.25) is 18.1 Å². The summed E-state index contributed by atoms with van der Waals surface area (Å²) in [7, 11) is -1.73. The van der Waals surface area contributed by atoms with Crippen molar-refractivity contribution in [2.75, 3.05) is 49.6 Å². The molecule has 168 valence electrons. The molecule has 1 fully saturated rings. The van der Waals surface area contributed by atoms with Gasteiger partial charge in [0, 0.05) is 31.0 Å². The number of rotatable bonds is 9. The summed E-state index contributed by atoms with van der Waals surface area (Å²) >= 11 is 0. The Labute approximate surface area is 181 Å². The van der Waals surface area contributed by atoms with E-state index < -0.39 is 8.32 Å². The quantitative estimate of drug-likeness (QED) is 0.357. The number of hydrogen-bond acceptors (Lipinski definition) is 5. The molecule has 7 nitrogen and oxygen atoms in total. The SMILES string of the molecule is CCOC(=O)CN1CCN(c2ccc(NCCO[Si](C)(C)C(C)(C)C)cc2C)C1=O. The lowest BCUT2D eigenvalue weighted by Gasteiger charge is -2.36. The number of nitrogens with zero attached hydrogens (tertiary/aromatic N) is 2. The lowest BCUT2D eigenvalue weighted by atomic mass is 10.1. The topological polar surface area (TPSA) is 71.1 Å². The number of urea groups is 1. The van der Waals surface area contributed by atoms with Gasteiger partial charge in [0.1, 0.15) is 6.54 Å². The van der Waals surface area contributed by atoms with Crippen molar-refractivity contribution in [3.8, 4) is 0 Å². The predicted octanol–water partition coefficient (Wildman–Crippen LogP) is 4.23. The van der Waals surface area contributed by atoms with Crippen LogP contribution in [-0.2, 0) is 14.0 Å². The van der Waals surface area contributed by atoms with Crippen molar-refractivity contribution < 1.29 is 18.8 Å². The minimum absolute atomic E-state index is 0.00388. The highest BCUT2D eigenvalue weighted by Gasteiger charge is 2.37. The van der Waals surface area contributed by atoms with Crippen LogP contribution in [0.5, 0.6) is 0 Å². The molecule has 0 bridgehead atoms. The van der Waals surface area contributed by atoms with Crippen molar-refractivity contribution >= 4 is 31.7 Å². The van der Waals surface area contributed by atoms with E-state index in [0.717, 1.165) is 23.5 Å². The Bertz CT molecular complexity index is 761. The highest BCUT2D eigenvalue weighted by atomic mass is 28.4. The largest absolute Gasteiger partial charge is 0.465 e. The number of carbonyl (C=O) groups excluding carboxylic acids is 2. The van der Waals surface area contributed by atoms with Gasteiger partial charge in [-0.15, -0.1) is 0 Å². The lowest BCUT2D eigenvalue weighted by molar-refractivity contribution is -0.143. The van der Waals surface area contributed by atoms with Crippen molar-refractivity contribution in [1.29, 1.82) is 0 Å². The lowest BCUT2D eigenvalue weighted by Crippen LogP contribution is -2.41. The van der Waals surface area contributed by atoms with Crippen LogP contribution in [0.1, 0.15) is 33.3 Å². The van der Waals surface area contributed by atoms with Crippen LogP contribution in [-0.4, -0.2) is 64.6 Å². The van der Waals surface area contributed by atoms with Crippen molar-refractivity contribution in [1.82, 2.24) is 4.90 Å². The molecule has 0 atom stereocenters. The van der Waals surface area contributed by atoms with E-state index >= 15 is 0 Å². The molecule has 30 heavy (non-hydrogen) atoms. The second-order valence-electron chi connectivity index (χ2n) is 9.20. The average Bonchev–Trinajstić information content (AvgIpc) is 2.98. The standard InChI is InChI=1S/C22H37N3O4Si/c1-8-28-20(26)16-24-12-13-25(21(24)27)19-10-9-18(15-17(19)2)23-11-14-29-30(6,7)22(3,4)5/h9-10,15,23H,8,11-14,16H2,1-7H3. The Kier molecular flexibility index (Phi) is 7.93. The average molecular weight is 436 g/mol. The number of amides is 2. The molecule has 0 radical (unpaired) electrons. The van der Waals surface area contributed by atoms with E-state index in [1.165, 1.54) is 4.90 Å². The van der Waals surface area contributed by atoms with Crippen LogP contribution < -0.4 is 10.2 Å². The molecule has 0 saturated carbocycles. The van der Waals surface area contributed by atoms with Gasteiger partial charge in [0.2, 0.25) is 0 Å². The highest BCUT2D eigenvalue weighted by molar-refractivity contribution is 6.74. The predicted molar refractivity (Wildman–Crippen MR) is 124 cm³/mol. The van der Waals surface area contributed by atoms with E-state index in [-0.39, 0.29) is 23.6 Å². The van der Waals surface area contributed by atoms with Crippen molar-refractivity contribution in [3.05, 3.63) is 23.8 Å². The van der Waals surface area contributed by atoms with Crippen molar-refractivity contribution in [2.45, 2.75) is 52.8 Å². The van der Waals surface area contributed by atoms with E-state index in [2.05, 4.69) is 39.2 Å². The van der Waals surface area contributed by atoms with Gasteiger partial charge < -0.3 is 19.4 Å². The second kappa shape index (κ2) is 9.83. The Morgan fingerprint density at radius 1 is 1.23 bits per heavy atom. The summed E-state index contributed by atoms with van der Waals surface area (Å²) in [6.45, 7) is 17.8. The number of hydrogen-bond donors (Lipinski definition) is 1. The van der Waals surface area contributed by atoms with E-state index in [4.69, 9.17) is 9.16 Å². The van der Waals surface area contributed by atoms with Gasteiger partial charge in [0.25, 0.3) is 0 Å². The molecule has 0 aromatic heterocycles. The molecule has 2 rings (SSSR count). The van der Waals surface area contributed by atoms with Gasteiger partial charge in [0.15, 0.2) is 8.32 Å². The number of carbonyl (C=O) groups is 2. The molecule has 1 heterocycles. The van der Waals surface area contributed by atoms with Crippen LogP contribution >= 0.6 is 0 Å². The van der Waals surface area contributed by atoms with E-state index in [9.17, 15) is 9.59 Å². The molecule has 1 aliphatic heterocycles. The molecule has 2 amide bonds. The van der Waals surface area contributed by atoms with Crippen LogP contribution in [0.15, 0.2) is 18.2 Å². The molecule has 1 saturated heterocycles. The third-order valence-electron chi connectivity index (χ3n) is 5.91. The number of esters is 1. The third-order valence-corrected chi connectivity index (χ3v) is 10.4. The zero-order chi connectivity index (χ0) is 22.5. The molecule has 8 heteroatoms. The first-order valence-electron chi connectivity index (χ1n) is 10.7. The number of benzene rings is 1. The molecule has 0 unspecified atom stereocenters. The number of ether oxygens (including phenoxy) is 1. The van der Waals surface area contributed by atoms with Crippen LogP contribution in [0.4, 0.5) is 16.2 Å². The summed E-state index contributed by atoms with van der Waals surface area (Å²) in [4.78, 5) is 27.6. The van der Waals surface area contributed by atoms with Crippen LogP contribution in [0, 0.1) is 6.92 Å². The van der Waals surface area contributed by atoms with Crippen molar-refractivity contribution in [3.63, 3.8) is 0 Å². The van der Waals surface area contributed by atoms with Crippen LogP contribution in [0.25, 0.3) is 0 Å². The summed E-state index contributed by atoms with van der Waals surface area (Å²) in [6, 6.07) is 5.83. The van der Waals surface area contributed by atoms with Gasteiger partial charge in [-0.3, -0.25) is 9.69 Å². The monoisotopic (exact) mass is 435 g/mol. The fourth-order valence-electron chi connectivity index (χ4n) is 3.10. The van der Waals surface area contributed by atoms with Gasteiger partial charge in [-0.25, -0.2) is 4.79 Å². The molecule has 1 aliphatic rings. The Balaban J connectivity index is 1.91. The highest BCUT2D eigenvalue weighted by Crippen LogP contribution is 2.36. The Morgan fingerprint density at radius 2 is 1.93 bits per heavy atom. The molecule has 1 aromatic rings. The number of nitrogens with one attached hydrogen (secondary N) is 1. The smallest absolute Gasteiger partial charge is 0.325 e. The van der Waals surface area contributed by atoms with Crippen molar-refractivity contribution in [2.24, 2.45) is 0 Å². The number of anilines is 2. The van der Waals surface area contributed by atoms with Crippen LogP contribution in [0.3, 0.4) is 0 Å². The number of aryl methyl sites for hydroxylation is 1. The first kappa shape index (κ1) is 24.2. The summed E-state index contributed by atoms with van der Waals surface area (Å²) in [5, 5.41) is 3.61. The minimum Gasteiger partial charge on any atom is -0.465 e. The van der Waals surface area contributed by atoms with Gasteiger partial charge >= 0.3 is 12.0 Å². The molecule has 0 spiro atoms. The Morgan fingerprint density at radius 3 is 2.53 bits per heavy atom. The molecular formula is C22H37N3O4Si. The molecule has 1 N–H and O–H groups in total. The van der Waals surface area contributed by atoms with Gasteiger partial charge in [-0.2, -0.15) is 0 Å². The fourth-order valence-corrected chi connectivity index (χ4v) is 4.15. The zero-order valence-corrected chi connectivity index (χ0v) is 20.5. The van der Waals surface area contributed by atoms with Gasteiger partial charge in [-0.05, 0) is 55.7 Å². The first-order chi connectivity index (χ1) is 14.0. The molecule has 0 aliphatic carbocycles. The maximum absolute atomic E-state index is 12.7. The van der Waals surface area contributed by atoms with Gasteiger partial charge in [0.05, 0.1) is 13.2 Å². The van der Waals surface area contributed by atoms with E-state index in [0.29, 0.717) is 26.3 Å². The summed E-state index contributed by atoms with van der Waals surface area (Å²) in [5.74, 6) is -0.371. The minimum atomic E-state index is -1.73. The molecule has 1 aromatic carbocycles. The maximum atomic E-state index is 12.7.